The van der Waals surface area contributed by atoms with E-state index in [2.05, 4.69) is 0 Å². The fourth-order valence-electron chi connectivity index (χ4n) is 2.46. The number of nitrogens with zero attached hydrogens (tertiary/aromatic N) is 1. The summed E-state index contributed by atoms with van der Waals surface area (Å²) in [6.07, 6.45) is 1.37. The average Bonchev–Trinajstić information content (AvgIpc) is 2.49. The third-order valence-electron chi connectivity index (χ3n) is 3.72. The number of benzene rings is 1. The molecule has 0 fully saturated rings. The van der Waals surface area contributed by atoms with E-state index in [1.54, 1.807) is 12.1 Å². The van der Waals surface area contributed by atoms with Crippen LogP contribution in [0.3, 0.4) is 0 Å². The van der Waals surface area contributed by atoms with Gasteiger partial charge in [0.1, 0.15) is 0 Å². The summed E-state index contributed by atoms with van der Waals surface area (Å²) in [5.74, 6) is -1.38. The molecule has 0 unspecified atom stereocenters. The number of aliphatic carboxylic acids is 1. The molecule has 0 aliphatic carbocycles. The van der Waals surface area contributed by atoms with E-state index in [1.807, 2.05) is 20.8 Å². The predicted molar refractivity (Wildman–Crippen MR) is 91.6 cm³/mol. The molecule has 0 bridgehead atoms. The van der Waals surface area contributed by atoms with Gasteiger partial charge in [-0.05, 0) is 44.4 Å². The van der Waals surface area contributed by atoms with Crippen molar-refractivity contribution in [1.82, 2.24) is 4.31 Å². The molecule has 0 aromatic heterocycles. The summed E-state index contributed by atoms with van der Waals surface area (Å²) in [7, 11) is -3.91. The summed E-state index contributed by atoms with van der Waals surface area (Å²) < 4.78 is 27.0. The van der Waals surface area contributed by atoms with Crippen LogP contribution in [0, 0.1) is 12.8 Å². The van der Waals surface area contributed by atoms with E-state index in [4.69, 9.17) is 5.73 Å². The number of carboxylic acid groups (broad SMARTS) is 1. The standard InChI is InChI=1S/C17H28N2O4S.K/c1-13(2)12-19(16(17(20)21)6-4-5-11-18)24(22,23)15-9-7-14(3)8-10-15;/h7-10,13,16H,4-6,11-12,18H2,1-3H3,(H,20,21);/q;+1/p-1/t16-;/m0./s1. The number of carbonyl (C=O) groups excluding carboxylic acids is 1. The Balaban J connectivity index is 0.00000576. The Morgan fingerprint density at radius 2 is 1.76 bits per heavy atom. The molecule has 0 amide bonds. The van der Waals surface area contributed by atoms with Gasteiger partial charge in [0, 0.05) is 6.54 Å². The van der Waals surface area contributed by atoms with Crippen LogP contribution in [-0.2, 0) is 14.8 Å². The van der Waals surface area contributed by atoms with Gasteiger partial charge >= 0.3 is 51.4 Å². The van der Waals surface area contributed by atoms with Gasteiger partial charge in [0.2, 0.25) is 10.0 Å². The summed E-state index contributed by atoms with van der Waals surface area (Å²) in [4.78, 5) is 11.7. The zero-order chi connectivity index (χ0) is 18.3. The van der Waals surface area contributed by atoms with E-state index < -0.39 is 22.0 Å². The van der Waals surface area contributed by atoms with Crippen molar-refractivity contribution in [2.45, 2.75) is 51.0 Å². The van der Waals surface area contributed by atoms with Gasteiger partial charge in [0.25, 0.3) is 0 Å². The third-order valence-corrected chi connectivity index (χ3v) is 5.61. The molecule has 0 saturated carbocycles. The van der Waals surface area contributed by atoms with Gasteiger partial charge in [-0.3, -0.25) is 0 Å². The second-order valence-corrected chi connectivity index (χ2v) is 8.29. The van der Waals surface area contributed by atoms with E-state index in [0.717, 1.165) is 9.87 Å². The number of nitrogens with two attached hydrogens (primary N) is 1. The fourth-order valence-corrected chi connectivity index (χ4v) is 4.23. The SMILES string of the molecule is Cc1ccc(S(=O)(=O)N(CC(C)C)[C@@H](CCCCN)C(=O)[O-])cc1.[K+]. The van der Waals surface area contributed by atoms with Crippen molar-refractivity contribution in [2.24, 2.45) is 11.7 Å². The summed E-state index contributed by atoms with van der Waals surface area (Å²) in [5.41, 5.74) is 6.38. The van der Waals surface area contributed by atoms with Gasteiger partial charge in [-0.1, -0.05) is 38.0 Å². The number of sulfonamides is 1. The number of rotatable bonds is 10. The summed E-state index contributed by atoms with van der Waals surface area (Å²) in [6.45, 7) is 6.12. The van der Waals surface area contributed by atoms with E-state index in [9.17, 15) is 18.3 Å². The molecule has 136 valence electrons. The first kappa shape index (κ1) is 25.2. The van der Waals surface area contributed by atoms with Gasteiger partial charge in [-0.15, -0.1) is 0 Å². The summed E-state index contributed by atoms with van der Waals surface area (Å²) >= 11 is 0. The topological polar surface area (TPSA) is 104 Å². The van der Waals surface area contributed by atoms with Crippen LogP contribution in [-0.4, -0.2) is 37.8 Å². The van der Waals surface area contributed by atoms with Crippen LogP contribution in [0.4, 0.5) is 0 Å². The third kappa shape index (κ3) is 7.76. The monoisotopic (exact) mass is 394 g/mol. The van der Waals surface area contributed by atoms with Gasteiger partial charge in [-0.25, -0.2) is 8.42 Å². The van der Waals surface area contributed by atoms with Crippen molar-refractivity contribution in [3.63, 3.8) is 0 Å². The van der Waals surface area contributed by atoms with Crippen LogP contribution < -0.4 is 62.2 Å². The second kappa shape index (κ2) is 11.8. The average molecular weight is 395 g/mol. The minimum Gasteiger partial charge on any atom is -0.548 e. The summed E-state index contributed by atoms with van der Waals surface area (Å²) in [6, 6.07) is 5.21. The maximum atomic E-state index is 13.0. The largest absolute Gasteiger partial charge is 1.00 e. The van der Waals surface area contributed by atoms with Gasteiger partial charge in [-0.2, -0.15) is 4.31 Å². The molecule has 0 spiro atoms. The van der Waals surface area contributed by atoms with Crippen LogP contribution in [0.25, 0.3) is 0 Å². The molecule has 0 aliphatic heterocycles. The number of aryl methyl sites for hydroxylation is 1. The fraction of sp³-hybridized carbons (Fsp3) is 0.588. The number of carbonyl (C=O) groups is 1. The van der Waals surface area contributed by atoms with Crippen molar-refractivity contribution in [3.8, 4) is 0 Å². The Bertz CT molecular complexity index is 633. The first-order chi connectivity index (χ1) is 11.2. The van der Waals surface area contributed by atoms with Crippen LogP contribution in [0.2, 0.25) is 0 Å². The van der Waals surface area contributed by atoms with Crippen LogP contribution in [0.5, 0.6) is 0 Å². The molecule has 0 aliphatic rings. The Labute approximate surface area is 193 Å². The smallest absolute Gasteiger partial charge is 0.548 e. The molecule has 0 radical (unpaired) electrons. The molecule has 1 aromatic rings. The van der Waals surface area contributed by atoms with E-state index in [-0.39, 0.29) is 75.2 Å². The van der Waals surface area contributed by atoms with Crippen LogP contribution in [0.1, 0.15) is 38.7 Å². The Morgan fingerprint density at radius 1 is 1.20 bits per heavy atom. The van der Waals surface area contributed by atoms with Gasteiger partial charge in [0.05, 0.1) is 16.9 Å². The first-order valence-electron chi connectivity index (χ1n) is 8.19. The molecule has 1 aromatic carbocycles. The maximum absolute atomic E-state index is 13.0. The predicted octanol–water partition coefficient (Wildman–Crippen LogP) is -2.11. The molecule has 2 N–H and O–H groups in total. The first-order valence-corrected chi connectivity index (χ1v) is 9.63. The molecule has 1 rings (SSSR count). The van der Waals surface area contributed by atoms with Crippen LogP contribution in [0.15, 0.2) is 29.2 Å². The molecular formula is C17H27KN2O4S. The van der Waals surface area contributed by atoms with E-state index in [1.165, 1.54) is 12.1 Å². The zero-order valence-corrected chi connectivity index (χ0v) is 19.5. The molecular weight excluding hydrogens is 367 g/mol. The van der Waals surface area contributed by atoms with Crippen molar-refractivity contribution >= 4 is 16.0 Å². The molecule has 1 atom stereocenters. The molecule has 25 heavy (non-hydrogen) atoms. The normalized spacial score (nSPS) is 12.9. The minimum absolute atomic E-state index is 0. The quantitative estimate of drug-likeness (QED) is 0.361. The Hall–Kier alpha value is 0.196. The Morgan fingerprint density at radius 3 is 2.20 bits per heavy atom. The van der Waals surface area contributed by atoms with Crippen molar-refractivity contribution < 1.29 is 69.7 Å². The number of hydrogen-bond donors (Lipinski definition) is 1. The minimum atomic E-state index is -3.91. The molecule has 6 nitrogen and oxygen atoms in total. The summed E-state index contributed by atoms with van der Waals surface area (Å²) in [5, 5.41) is 11.6. The maximum Gasteiger partial charge on any atom is 1.00 e. The number of carboxylic acids is 1. The second-order valence-electron chi connectivity index (χ2n) is 6.40. The number of hydrogen-bond acceptors (Lipinski definition) is 5. The van der Waals surface area contributed by atoms with E-state index >= 15 is 0 Å². The van der Waals surface area contributed by atoms with E-state index in [0.29, 0.717) is 19.4 Å². The zero-order valence-electron chi connectivity index (χ0n) is 15.6. The molecule has 8 heteroatoms. The van der Waals surface area contributed by atoms with Crippen LogP contribution >= 0.6 is 0 Å². The number of unbranched alkanes of at least 4 members (excludes halogenated alkanes) is 1. The Kier molecular flexibility index (Phi) is 11.9. The molecule has 0 heterocycles. The van der Waals surface area contributed by atoms with Crippen molar-refractivity contribution in [3.05, 3.63) is 29.8 Å². The van der Waals surface area contributed by atoms with Gasteiger partial charge in [0.15, 0.2) is 0 Å². The molecule has 0 saturated heterocycles. The van der Waals surface area contributed by atoms with Gasteiger partial charge < -0.3 is 15.6 Å². The van der Waals surface area contributed by atoms with Crippen molar-refractivity contribution in [1.29, 1.82) is 0 Å². The van der Waals surface area contributed by atoms with Crippen molar-refractivity contribution in [2.75, 3.05) is 13.1 Å².